The van der Waals surface area contributed by atoms with Crippen molar-refractivity contribution >= 4 is 27.4 Å². The second kappa shape index (κ2) is 7.48. The van der Waals surface area contributed by atoms with Crippen molar-refractivity contribution in [3.05, 3.63) is 60.3 Å². The Morgan fingerprint density at radius 2 is 1.80 bits per heavy atom. The quantitative estimate of drug-likeness (QED) is 0.277. The highest BCUT2D eigenvalue weighted by Crippen LogP contribution is 2.16. The highest BCUT2D eigenvalue weighted by Gasteiger charge is 2.11. The third-order valence-corrected chi connectivity index (χ3v) is 3.85. The molecule has 0 aliphatic rings. The van der Waals surface area contributed by atoms with Gasteiger partial charge in [0.05, 0.1) is 4.90 Å². The molecule has 25 heavy (non-hydrogen) atoms. The molecular formula is C16H13N3O5S. The molecule has 2 rings (SSSR count). The summed E-state index contributed by atoms with van der Waals surface area (Å²) in [5, 5.41) is 23.4. The number of benzene rings is 2. The Hall–Kier alpha value is -3.35. The number of nitrogens with zero attached hydrogens (tertiary/aromatic N) is 1. The van der Waals surface area contributed by atoms with Gasteiger partial charge in [0.15, 0.2) is 0 Å². The van der Waals surface area contributed by atoms with Crippen LogP contribution in [0.25, 0.3) is 0 Å². The molecule has 0 saturated carbocycles. The molecule has 1 amide bonds. The van der Waals surface area contributed by atoms with Crippen molar-refractivity contribution in [1.29, 1.82) is 5.26 Å². The van der Waals surface area contributed by atoms with Gasteiger partial charge in [-0.15, -0.1) is 0 Å². The van der Waals surface area contributed by atoms with Gasteiger partial charge in [-0.25, -0.2) is 0 Å². The Labute approximate surface area is 143 Å². The van der Waals surface area contributed by atoms with Gasteiger partial charge >= 0.3 is 0 Å². The number of nitrogens with one attached hydrogen (secondary N) is 2. The SMILES string of the molecule is N#C/C(=C/Nc1cccc(S(=O)(=O)O)c1)C(=O)Nc1ccc(O)cc1. The van der Waals surface area contributed by atoms with Crippen molar-refractivity contribution in [2.45, 2.75) is 4.90 Å². The largest absolute Gasteiger partial charge is 0.508 e. The molecule has 0 saturated heterocycles. The minimum absolute atomic E-state index is 0.0365. The molecule has 128 valence electrons. The lowest BCUT2D eigenvalue weighted by Crippen LogP contribution is -2.14. The van der Waals surface area contributed by atoms with E-state index in [0.29, 0.717) is 5.69 Å². The molecule has 0 aliphatic heterocycles. The van der Waals surface area contributed by atoms with Crippen molar-refractivity contribution in [2.24, 2.45) is 0 Å². The van der Waals surface area contributed by atoms with E-state index in [1.807, 2.05) is 0 Å². The van der Waals surface area contributed by atoms with E-state index >= 15 is 0 Å². The van der Waals surface area contributed by atoms with Gasteiger partial charge in [0.2, 0.25) is 0 Å². The molecule has 0 fully saturated rings. The summed E-state index contributed by atoms with van der Waals surface area (Å²) in [6, 6.07) is 12.6. The number of amides is 1. The predicted octanol–water partition coefficient (Wildman–Crippen LogP) is 2.10. The minimum atomic E-state index is -4.36. The molecule has 9 heteroatoms. The number of carbonyl (C=O) groups is 1. The van der Waals surface area contributed by atoms with Crippen LogP contribution in [0, 0.1) is 11.3 Å². The summed E-state index contributed by atoms with van der Waals surface area (Å²) in [6.07, 6.45) is 1.11. The van der Waals surface area contributed by atoms with Gasteiger partial charge in [0.1, 0.15) is 17.4 Å². The van der Waals surface area contributed by atoms with Gasteiger partial charge in [-0.1, -0.05) is 6.07 Å². The average Bonchev–Trinajstić information content (AvgIpc) is 2.57. The van der Waals surface area contributed by atoms with Crippen LogP contribution < -0.4 is 10.6 Å². The van der Waals surface area contributed by atoms with E-state index in [0.717, 1.165) is 12.3 Å². The molecule has 2 aromatic carbocycles. The minimum Gasteiger partial charge on any atom is -0.508 e. The molecule has 0 bridgehead atoms. The lowest BCUT2D eigenvalue weighted by molar-refractivity contribution is -0.112. The second-order valence-electron chi connectivity index (χ2n) is 4.82. The van der Waals surface area contributed by atoms with E-state index in [-0.39, 0.29) is 21.9 Å². The van der Waals surface area contributed by atoms with Gasteiger partial charge < -0.3 is 15.7 Å². The molecule has 0 heterocycles. The van der Waals surface area contributed by atoms with E-state index in [1.165, 1.54) is 42.5 Å². The van der Waals surface area contributed by atoms with Crippen molar-refractivity contribution in [2.75, 3.05) is 10.6 Å². The van der Waals surface area contributed by atoms with Crippen LogP contribution in [0.3, 0.4) is 0 Å². The van der Waals surface area contributed by atoms with Crippen molar-refractivity contribution < 1.29 is 22.9 Å². The summed E-state index contributed by atoms with van der Waals surface area (Å²) in [7, 11) is -4.36. The smallest absolute Gasteiger partial charge is 0.294 e. The highest BCUT2D eigenvalue weighted by molar-refractivity contribution is 7.85. The van der Waals surface area contributed by atoms with Crippen LogP contribution in [-0.4, -0.2) is 24.0 Å². The summed E-state index contributed by atoms with van der Waals surface area (Å²) in [5.41, 5.74) is 0.392. The molecule has 0 unspecified atom stereocenters. The zero-order valence-electron chi connectivity index (χ0n) is 12.7. The van der Waals surface area contributed by atoms with Crippen LogP contribution >= 0.6 is 0 Å². The van der Waals surface area contributed by atoms with E-state index in [4.69, 9.17) is 9.81 Å². The number of carbonyl (C=O) groups excluding carboxylic acids is 1. The molecule has 2 aromatic rings. The van der Waals surface area contributed by atoms with Crippen LogP contribution in [-0.2, 0) is 14.9 Å². The zero-order chi connectivity index (χ0) is 18.4. The monoisotopic (exact) mass is 359 g/mol. The number of aromatic hydroxyl groups is 1. The standard InChI is InChI=1S/C16H13N3O5S/c17-9-11(16(21)19-12-4-6-14(20)7-5-12)10-18-13-2-1-3-15(8-13)25(22,23)24/h1-8,10,18,20H,(H,19,21)(H,22,23,24)/b11-10-. The molecule has 0 aliphatic carbocycles. The maximum atomic E-state index is 12.0. The first-order valence-electron chi connectivity index (χ1n) is 6.84. The van der Waals surface area contributed by atoms with E-state index in [1.54, 1.807) is 6.07 Å². The highest BCUT2D eigenvalue weighted by atomic mass is 32.2. The summed E-state index contributed by atoms with van der Waals surface area (Å²) < 4.78 is 31.2. The molecule has 0 radical (unpaired) electrons. The summed E-state index contributed by atoms with van der Waals surface area (Å²) in [5.74, 6) is -0.652. The fraction of sp³-hybridized carbons (Fsp3) is 0. The number of phenols is 1. The first-order chi connectivity index (χ1) is 11.8. The maximum absolute atomic E-state index is 12.0. The number of phenolic OH excluding ortho intramolecular Hbond substituents is 1. The molecule has 0 aromatic heterocycles. The Morgan fingerprint density at radius 1 is 1.12 bits per heavy atom. The number of hydrogen-bond acceptors (Lipinski definition) is 6. The third-order valence-electron chi connectivity index (χ3n) is 3.01. The lowest BCUT2D eigenvalue weighted by Gasteiger charge is -2.06. The Morgan fingerprint density at radius 3 is 2.40 bits per heavy atom. The van der Waals surface area contributed by atoms with Crippen LogP contribution in [0.1, 0.15) is 0 Å². The van der Waals surface area contributed by atoms with Gasteiger partial charge in [-0.2, -0.15) is 13.7 Å². The van der Waals surface area contributed by atoms with Crippen molar-refractivity contribution in [3.63, 3.8) is 0 Å². The Kier molecular flexibility index (Phi) is 5.38. The van der Waals surface area contributed by atoms with E-state index in [2.05, 4.69) is 10.6 Å². The first kappa shape index (κ1) is 18.0. The Bertz CT molecular complexity index is 960. The zero-order valence-corrected chi connectivity index (χ0v) is 13.5. The number of hydrogen-bond donors (Lipinski definition) is 4. The average molecular weight is 359 g/mol. The molecule has 0 spiro atoms. The summed E-state index contributed by atoms with van der Waals surface area (Å²) >= 11 is 0. The van der Waals surface area contributed by atoms with Crippen molar-refractivity contribution in [3.8, 4) is 11.8 Å². The fourth-order valence-electron chi connectivity index (χ4n) is 1.79. The van der Waals surface area contributed by atoms with Crippen LogP contribution in [0.2, 0.25) is 0 Å². The first-order valence-corrected chi connectivity index (χ1v) is 8.28. The topological polar surface area (TPSA) is 140 Å². The van der Waals surface area contributed by atoms with Crippen LogP contribution in [0.5, 0.6) is 5.75 Å². The lowest BCUT2D eigenvalue weighted by atomic mass is 10.2. The summed E-state index contributed by atoms with van der Waals surface area (Å²) in [6.45, 7) is 0. The van der Waals surface area contributed by atoms with Crippen molar-refractivity contribution in [1.82, 2.24) is 0 Å². The second-order valence-corrected chi connectivity index (χ2v) is 6.24. The predicted molar refractivity (Wildman–Crippen MR) is 90.3 cm³/mol. The molecule has 0 atom stereocenters. The maximum Gasteiger partial charge on any atom is 0.294 e. The summed E-state index contributed by atoms with van der Waals surface area (Å²) in [4.78, 5) is 11.7. The van der Waals surface area contributed by atoms with E-state index in [9.17, 15) is 18.3 Å². The van der Waals surface area contributed by atoms with Gasteiger partial charge in [0, 0.05) is 17.6 Å². The van der Waals surface area contributed by atoms with E-state index < -0.39 is 16.0 Å². The van der Waals surface area contributed by atoms with Crippen LogP contribution in [0.4, 0.5) is 11.4 Å². The normalized spacial score (nSPS) is 11.4. The van der Waals surface area contributed by atoms with Gasteiger partial charge in [0.25, 0.3) is 16.0 Å². The Balaban J connectivity index is 2.13. The fourth-order valence-corrected chi connectivity index (χ4v) is 2.32. The van der Waals surface area contributed by atoms with Gasteiger partial charge in [-0.3, -0.25) is 9.35 Å². The van der Waals surface area contributed by atoms with Gasteiger partial charge in [-0.05, 0) is 42.5 Å². The molecule has 4 N–H and O–H groups in total. The number of nitriles is 1. The molecule has 8 nitrogen and oxygen atoms in total. The molecular weight excluding hydrogens is 346 g/mol. The number of anilines is 2. The van der Waals surface area contributed by atoms with Crippen LogP contribution in [0.15, 0.2) is 65.2 Å². The number of rotatable bonds is 5. The third kappa shape index (κ3) is 5.07.